The number of carbonyl (C=O) groups is 1. The minimum absolute atomic E-state index is 0.0966. The molecular weight excluding hydrogens is 102 g/mol. The summed E-state index contributed by atoms with van der Waals surface area (Å²) >= 11 is 0. The molecule has 0 aliphatic heterocycles. The lowest BCUT2D eigenvalue weighted by Gasteiger charge is -1.94. The van der Waals surface area contributed by atoms with E-state index in [0.29, 0.717) is 6.04 Å². The van der Waals surface area contributed by atoms with E-state index in [1.807, 2.05) is 0 Å². The van der Waals surface area contributed by atoms with Gasteiger partial charge in [-0.05, 0) is 12.3 Å². The zero-order valence-corrected chi connectivity index (χ0v) is 5.27. The number of amides is 1. The summed E-state index contributed by atoms with van der Waals surface area (Å²) in [6.45, 7) is 3.70. The Bertz CT molecular complexity index is 111. The summed E-state index contributed by atoms with van der Waals surface area (Å²) in [5.41, 5.74) is 0. The van der Waals surface area contributed by atoms with Crippen molar-refractivity contribution in [3.8, 4) is 0 Å². The summed E-state index contributed by atoms with van der Waals surface area (Å²) in [7, 11) is 0. The van der Waals surface area contributed by atoms with E-state index in [-0.39, 0.29) is 5.91 Å². The first-order valence-corrected chi connectivity index (χ1v) is 2.97. The average molecular weight is 113 g/mol. The highest BCUT2D eigenvalue weighted by Gasteiger charge is 2.32. The number of rotatable bonds is 1. The van der Waals surface area contributed by atoms with Gasteiger partial charge < -0.3 is 5.32 Å². The van der Waals surface area contributed by atoms with Crippen LogP contribution in [0, 0.1) is 5.92 Å². The van der Waals surface area contributed by atoms with E-state index in [1.165, 1.54) is 6.42 Å². The van der Waals surface area contributed by atoms with Crippen LogP contribution in [0.3, 0.4) is 0 Å². The number of hydrogen-bond acceptors (Lipinski definition) is 1. The summed E-state index contributed by atoms with van der Waals surface area (Å²) in [5, 5.41) is 2.83. The summed E-state index contributed by atoms with van der Waals surface area (Å²) in [5.74, 6) is 0.818. The molecule has 1 amide bonds. The SMILES string of the molecule is CC(=O)N[C@H]1C[C@H]1C. The molecular formula is C6H11NO. The van der Waals surface area contributed by atoms with Crippen LogP contribution < -0.4 is 5.32 Å². The lowest BCUT2D eigenvalue weighted by Crippen LogP contribution is -2.22. The van der Waals surface area contributed by atoms with Gasteiger partial charge in [0.15, 0.2) is 0 Å². The van der Waals surface area contributed by atoms with Gasteiger partial charge in [0.05, 0.1) is 0 Å². The van der Waals surface area contributed by atoms with Gasteiger partial charge in [0.2, 0.25) is 5.91 Å². The lowest BCUT2D eigenvalue weighted by atomic mass is 10.5. The molecule has 0 radical (unpaired) electrons. The predicted molar refractivity (Wildman–Crippen MR) is 31.4 cm³/mol. The highest BCUT2D eigenvalue weighted by atomic mass is 16.1. The van der Waals surface area contributed by atoms with Crippen LogP contribution in [0.2, 0.25) is 0 Å². The molecule has 1 aliphatic rings. The fourth-order valence-corrected chi connectivity index (χ4v) is 0.784. The fourth-order valence-electron chi connectivity index (χ4n) is 0.784. The zero-order valence-electron chi connectivity index (χ0n) is 5.27. The number of hydrogen-bond donors (Lipinski definition) is 1. The smallest absolute Gasteiger partial charge is 0.217 e. The average Bonchev–Trinajstić information content (AvgIpc) is 2.17. The van der Waals surface area contributed by atoms with E-state index in [1.54, 1.807) is 6.92 Å². The zero-order chi connectivity index (χ0) is 6.15. The predicted octanol–water partition coefficient (Wildman–Crippen LogP) is 0.531. The maximum Gasteiger partial charge on any atom is 0.217 e. The second kappa shape index (κ2) is 1.77. The van der Waals surface area contributed by atoms with Gasteiger partial charge in [0.1, 0.15) is 0 Å². The Kier molecular flexibility index (Phi) is 1.24. The van der Waals surface area contributed by atoms with Gasteiger partial charge in [-0.15, -0.1) is 0 Å². The van der Waals surface area contributed by atoms with E-state index in [0.717, 1.165) is 5.92 Å². The van der Waals surface area contributed by atoms with Crippen molar-refractivity contribution in [2.24, 2.45) is 5.92 Å². The van der Waals surface area contributed by atoms with Crippen LogP contribution in [-0.4, -0.2) is 11.9 Å². The minimum Gasteiger partial charge on any atom is -0.353 e. The molecule has 2 atom stereocenters. The van der Waals surface area contributed by atoms with E-state index in [2.05, 4.69) is 12.2 Å². The molecule has 46 valence electrons. The quantitative estimate of drug-likeness (QED) is 0.528. The Balaban J connectivity index is 2.14. The van der Waals surface area contributed by atoms with Crippen molar-refractivity contribution in [1.29, 1.82) is 0 Å². The van der Waals surface area contributed by atoms with Crippen LogP contribution in [0.4, 0.5) is 0 Å². The molecule has 1 fully saturated rings. The maximum absolute atomic E-state index is 10.3. The summed E-state index contributed by atoms with van der Waals surface area (Å²) < 4.78 is 0. The van der Waals surface area contributed by atoms with Crippen LogP contribution >= 0.6 is 0 Å². The summed E-state index contributed by atoms with van der Waals surface area (Å²) in [6.07, 6.45) is 1.17. The molecule has 0 bridgehead atoms. The van der Waals surface area contributed by atoms with Gasteiger partial charge in [-0.25, -0.2) is 0 Å². The third-order valence-electron chi connectivity index (χ3n) is 1.50. The van der Waals surface area contributed by atoms with Crippen molar-refractivity contribution < 1.29 is 4.79 Å². The van der Waals surface area contributed by atoms with E-state index in [4.69, 9.17) is 0 Å². The van der Waals surface area contributed by atoms with Crippen molar-refractivity contribution >= 4 is 5.91 Å². The molecule has 0 heterocycles. The van der Waals surface area contributed by atoms with Crippen molar-refractivity contribution in [3.05, 3.63) is 0 Å². The number of nitrogens with one attached hydrogen (secondary N) is 1. The molecule has 0 saturated heterocycles. The van der Waals surface area contributed by atoms with Gasteiger partial charge in [-0.3, -0.25) is 4.79 Å². The molecule has 2 nitrogen and oxygen atoms in total. The molecule has 2 heteroatoms. The Labute approximate surface area is 49.3 Å². The molecule has 8 heavy (non-hydrogen) atoms. The standard InChI is InChI=1S/C6H11NO/c1-4-3-6(4)7-5(2)8/h4,6H,3H2,1-2H3,(H,7,8)/t4-,6+/m1/s1. The van der Waals surface area contributed by atoms with E-state index < -0.39 is 0 Å². The van der Waals surface area contributed by atoms with Gasteiger partial charge in [-0.1, -0.05) is 6.92 Å². The summed E-state index contributed by atoms with van der Waals surface area (Å²) in [6, 6.07) is 0.493. The van der Waals surface area contributed by atoms with Crippen molar-refractivity contribution in [3.63, 3.8) is 0 Å². The maximum atomic E-state index is 10.3. The van der Waals surface area contributed by atoms with Crippen LogP contribution in [0.1, 0.15) is 20.3 Å². The lowest BCUT2D eigenvalue weighted by molar-refractivity contribution is -0.119. The topological polar surface area (TPSA) is 29.1 Å². The highest BCUT2D eigenvalue weighted by molar-refractivity contribution is 5.73. The Hall–Kier alpha value is -0.530. The minimum atomic E-state index is 0.0966. The van der Waals surface area contributed by atoms with Crippen molar-refractivity contribution in [1.82, 2.24) is 5.32 Å². The molecule has 0 aromatic heterocycles. The largest absolute Gasteiger partial charge is 0.353 e. The Morgan fingerprint density at radius 3 is 2.38 bits per heavy atom. The van der Waals surface area contributed by atoms with Crippen LogP contribution in [0.5, 0.6) is 0 Å². The molecule has 0 aromatic rings. The monoisotopic (exact) mass is 113 g/mol. The molecule has 1 aliphatic carbocycles. The first kappa shape index (κ1) is 5.60. The Morgan fingerprint density at radius 2 is 2.25 bits per heavy atom. The van der Waals surface area contributed by atoms with Gasteiger partial charge >= 0.3 is 0 Å². The molecule has 0 unspecified atom stereocenters. The van der Waals surface area contributed by atoms with E-state index in [9.17, 15) is 4.79 Å². The van der Waals surface area contributed by atoms with Crippen molar-refractivity contribution in [2.45, 2.75) is 26.3 Å². The third kappa shape index (κ3) is 1.22. The molecule has 1 N–H and O–H groups in total. The number of carbonyl (C=O) groups excluding carboxylic acids is 1. The summed E-state index contributed by atoms with van der Waals surface area (Å²) in [4.78, 5) is 10.3. The van der Waals surface area contributed by atoms with E-state index >= 15 is 0 Å². The van der Waals surface area contributed by atoms with Crippen LogP contribution in [-0.2, 0) is 4.79 Å². The molecule has 1 saturated carbocycles. The van der Waals surface area contributed by atoms with Crippen LogP contribution in [0.15, 0.2) is 0 Å². The highest BCUT2D eigenvalue weighted by Crippen LogP contribution is 2.28. The second-order valence-electron chi connectivity index (χ2n) is 2.52. The van der Waals surface area contributed by atoms with Crippen molar-refractivity contribution in [2.75, 3.05) is 0 Å². The van der Waals surface area contributed by atoms with Crippen LogP contribution in [0.25, 0.3) is 0 Å². The normalized spacial score (nSPS) is 34.2. The van der Waals surface area contributed by atoms with Gasteiger partial charge in [-0.2, -0.15) is 0 Å². The first-order chi connectivity index (χ1) is 3.70. The third-order valence-corrected chi connectivity index (χ3v) is 1.50. The molecule has 0 spiro atoms. The van der Waals surface area contributed by atoms with Gasteiger partial charge in [0.25, 0.3) is 0 Å². The fraction of sp³-hybridized carbons (Fsp3) is 0.833. The molecule has 1 rings (SSSR count). The molecule has 0 aromatic carbocycles. The Morgan fingerprint density at radius 1 is 1.75 bits per heavy atom. The first-order valence-electron chi connectivity index (χ1n) is 2.97. The second-order valence-corrected chi connectivity index (χ2v) is 2.52. The van der Waals surface area contributed by atoms with Gasteiger partial charge in [0, 0.05) is 13.0 Å².